The number of hydrogen-bond acceptors (Lipinski definition) is 2. The van der Waals surface area contributed by atoms with E-state index in [1.807, 2.05) is 0 Å². The van der Waals surface area contributed by atoms with Crippen molar-refractivity contribution < 1.29 is 31.9 Å². The van der Waals surface area contributed by atoms with Gasteiger partial charge >= 0.3 is 6.18 Å². The van der Waals surface area contributed by atoms with Crippen LogP contribution in [0.2, 0.25) is 5.02 Å². The van der Waals surface area contributed by atoms with Crippen LogP contribution in [0.25, 0.3) is 16.7 Å². The predicted molar refractivity (Wildman–Crippen MR) is 105 cm³/mol. The molecule has 0 atom stereocenters. The standard InChI is InChI=1S/C22H17ClF5NO2/c23-15-3-1-11(12-2-4-16(24)17(25)10-12)9-14(15)18-19(30)21(29-20(18)31)7-5-13(6-8-21)22(26,27)28/h1-4,9-10,13,30H,5-8H2,(H,29,31)/t13-,21+. The fraction of sp³-hybridized carbons (Fsp3) is 0.318. The molecule has 1 aliphatic carbocycles. The fourth-order valence-corrected chi connectivity index (χ4v) is 4.52. The lowest BCUT2D eigenvalue weighted by Gasteiger charge is -2.37. The molecule has 2 aromatic carbocycles. The molecular weight excluding hydrogens is 441 g/mol. The quantitative estimate of drug-likeness (QED) is 0.529. The Morgan fingerprint density at radius 2 is 1.61 bits per heavy atom. The third kappa shape index (κ3) is 3.78. The molecule has 9 heteroatoms. The summed E-state index contributed by atoms with van der Waals surface area (Å²) in [5, 5.41) is 13.7. The third-order valence-corrected chi connectivity index (χ3v) is 6.39. The highest BCUT2D eigenvalue weighted by Crippen LogP contribution is 2.47. The van der Waals surface area contributed by atoms with Crippen molar-refractivity contribution in [3.05, 3.63) is 64.4 Å². The van der Waals surface area contributed by atoms with Crippen molar-refractivity contribution in [2.24, 2.45) is 5.92 Å². The van der Waals surface area contributed by atoms with Crippen LogP contribution in [0.5, 0.6) is 0 Å². The van der Waals surface area contributed by atoms with Gasteiger partial charge in [-0.15, -0.1) is 0 Å². The van der Waals surface area contributed by atoms with Crippen LogP contribution in [0.3, 0.4) is 0 Å². The summed E-state index contributed by atoms with van der Waals surface area (Å²) < 4.78 is 65.9. The lowest BCUT2D eigenvalue weighted by Crippen LogP contribution is -2.48. The zero-order valence-corrected chi connectivity index (χ0v) is 16.7. The van der Waals surface area contributed by atoms with Gasteiger partial charge in [-0.2, -0.15) is 13.2 Å². The van der Waals surface area contributed by atoms with Gasteiger partial charge in [0.1, 0.15) is 5.76 Å². The second-order valence-electron chi connectivity index (χ2n) is 7.90. The van der Waals surface area contributed by atoms with Gasteiger partial charge in [-0.25, -0.2) is 8.78 Å². The molecule has 0 aromatic heterocycles. The summed E-state index contributed by atoms with van der Waals surface area (Å²) in [6, 6.07) is 7.77. The first-order valence-electron chi connectivity index (χ1n) is 9.60. The number of carbonyl (C=O) groups is 1. The van der Waals surface area contributed by atoms with Gasteiger partial charge in [0, 0.05) is 10.6 Å². The first-order chi connectivity index (χ1) is 14.5. The number of aliphatic hydroxyl groups excluding tert-OH is 1. The molecule has 0 radical (unpaired) electrons. The number of carbonyl (C=O) groups excluding carboxylic acids is 1. The molecule has 1 spiro atoms. The van der Waals surface area contributed by atoms with Gasteiger partial charge in [-0.3, -0.25) is 4.79 Å². The molecule has 4 rings (SSSR count). The summed E-state index contributed by atoms with van der Waals surface area (Å²) in [5.41, 5.74) is -0.479. The van der Waals surface area contributed by atoms with Gasteiger partial charge in [0.05, 0.1) is 17.0 Å². The van der Waals surface area contributed by atoms with Crippen molar-refractivity contribution in [3.63, 3.8) is 0 Å². The second-order valence-corrected chi connectivity index (χ2v) is 8.31. The summed E-state index contributed by atoms with van der Waals surface area (Å²) in [6.45, 7) is 0. The van der Waals surface area contributed by atoms with Crippen molar-refractivity contribution >= 4 is 23.1 Å². The Morgan fingerprint density at radius 1 is 1.00 bits per heavy atom. The van der Waals surface area contributed by atoms with E-state index in [9.17, 15) is 31.9 Å². The minimum Gasteiger partial charge on any atom is -0.509 e. The monoisotopic (exact) mass is 457 g/mol. The number of halogens is 6. The molecule has 2 aliphatic rings. The van der Waals surface area contributed by atoms with E-state index in [-0.39, 0.29) is 47.6 Å². The highest BCUT2D eigenvalue weighted by molar-refractivity contribution is 6.35. The molecule has 1 amide bonds. The molecule has 0 saturated heterocycles. The lowest BCUT2D eigenvalue weighted by atomic mass is 9.75. The summed E-state index contributed by atoms with van der Waals surface area (Å²) in [7, 11) is 0. The summed E-state index contributed by atoms with van der Waals surface area (Å²) >= 11 is 6.25. The SMILES string of the molecule is O=C1N[C@]2(CC[C@@H](C(F)(F)F)CC2)C(O)=C1c1cc(-c2ccc(F)c(F)c2)ccc1Cl. The second kappa shape index (κ2) is 7.51. The highest BCUT2D eigenvalue weighted by Gasteiger charge is 2.52. The first-order valence-corrected chi connectivity index (χ1v) is 9.98. The Bertz CT molecular complexity index is 1090. The van der Waals surface area contributed by atoms with Crippen molar-refractivity contribution in [1.82, 2.24) is 5.32 Å². The molecule has 1 saturated carbocycles. The normalized spacial score (nSPS) is 24.1. The zero-order chi connectivity index (χ0) is 22.6. The molecule has 0 bridgehead atoms. The van der Waals surface area contributed by atoms with Crippen LogP contribution >= 0.6 is 11.6 Å². The Labute approximate surface area is 179 Å². The average Bonchev–Trinajstić information content (AvgIpc) is 2.94. The number of aliphatic hydroxyl groups is 1. The van der Waals surface area contributed by atoms with Crippen molar-refractivity contribution in [1.29, 1.82) is 0 Å². The predicted octanol–water partition coefficient (Wildman–Crippen LogP) is 6.18. The van der Waals surface area contributed by atoms with E-state index in [0.717, 1.165) is 12.1 Å². The van der Waals surface area contributed by atoms with Gasteiger partial charge in [0.15, 0.2) is 11.6 Å². The zero-order valence-electron chi connectivity index (χ0n) is 16.0. The Hall–Kier alpha value is -2.61. The minimum absolute atomic E-state index is 0.0568. The summed E-state index contributed by atoms with van der Waals surface area (Å²) in [5.74, 6) is -4.53. The number of alkyl halides is 3. The van der Waals surface area contributed by atoms with Crippen LogP contribution in [0, 0.1) is 17.6 Å². The topological polar surface area (TPSA) is 49.3 Å². The maximum atomic E-state index is 13.6. The summed E-state index contributed by atoms with van der Waals surface area (Å²) in [6.07, 6.45) is -4.88. The van der Waals surface area contributed by atoms with E-state index < -0.39 is 35.2 Å². The third-order valence-electron chi connectivity index (χ3n) is 6.06. The molecule has 1 fully saturated rings. The van der Waals surface area contributed by atoms with E-state index in [4.69, 9.17) is 11.6 Å². The number of amides is 1. The minimum atomic E-state index is -4.32. The van der Waals surface area contributed by atoms with E-state index in [1.165, 1.54) is 18.2 Å². The number of rotatable bonds is 2. The number of benzene rings is 2. The maximum absolute atomic E-state index is 13.6. The van der Waals surface area contributed by atoms with E-state index >= 15 is 0 Å². The fourth-order valence-electron chi connectivity index (χ4n) is 4.31. The largest absolute Gasteiger partial charge is 0.509 e. The molecule has 2 aromatic rings. The van der Waals surface area contributed by atoms with Gasteiger partial charge in [-0.05, 0) is 61.1 Å². The van der Waals surface area contributed by atoms with Crippen molar-refractivity contribution in [3.8, 4) is 11.1 Å². The van der Waals surface area contributed by atoms with Crippen LogP contribution in [-0.4, -0.2) is 22.7 Å². The Morgan fingerprint density at radius 3 is 2.23 bits per heavy atom. The van der Waals surface area contributed by atoms with E-state index in [0.29, 0.717) is 11.1 Å². The van der Waals surface area contributed by atoms with Crippen LogP contribution in [0.15, 0.2) is 42.2 Å². The molecule has 3 nitrogen and oxygen atoms in total. The molecule has 1 aliphatic heterocycles. The average molecular weight is 458 g/mol. The highest BCUT2D eigenvalue weighted by atomic mass is 35.5. The Kier molecular flexibility index (Phi) is 5.24. The summed E-state index contributed by atoms with van der Waals surface area (Å²) in [4.78, 5) is 12.7. The first kappa shape index (κ1) is 21.6. The molecule has 0 unspecified atom stereocenters. The van der Waals surface area contributed by atoms with Gasteiger partial charge in [0.25, 0.3) is 5.91 Å². The smallest absolute Gasteiger partial charge is 0.391 e. The van der Waals surface area contributed by atoms with Gasteiger partial charge in [-0.1, -0.05) is 23.7 Å². The van der Waals surface area contributed by atoms with E-state index in [1.54, 1.807) is 6.07 Å². The number of hydrogen-bond donors (Lipinski definition) is 2. The number of nitrogens with one attached hydrogen (secondary N) is 1. The van der Waals surface area contributed by atoms with E-state index in [2.05, 4.69) is 5.32 Å². The van der Waals surface area contributed by atoms with Gasteiger partial charge < -0.3 is 10.4 Å². The molecule has 31 heavy (non-hydrogen) atoms. The van der Waals surface area contributed by atoms with Crippen LogP contribution in [-0.2, 0) is 4.79 Å². The van der Waals surface area contributed by atoms with Crippen LogP contribution in [0.4, 0.5) is 22.0 Å². The van der Waals surface area contributed by atoms with Crippen molar-refractivity contribution in [2.75, 3.05) is 0 Å². The van der Waals surface area contributed by atoms with Crippen LogP contribution < -0.4 is 5.32 Å². The molecule has 164 valence electrons. The molecule has 1 heterocycles. The lowest BCUT2D eigenvalue weighted by molar-refractivity contribution is -0.184. The maximum Gasteiger partial charge on any atom is 0.391 e. The molecular formula is C22H17ClF5NO2. The van der Waals surface area contributed by atoms with Crippen LogP contribution in [0.1, 0.15) is 31.2 Å². The van der Waals surface area contributed by atoms with Crippen molar-refractivity contribution in [2.45, 2.75) is 37.4 Å². The Balaban J connectivity index is 1.72. The van der Waals surface area contributed by atoms with Gasteiger partial charge in [0.2, 0.25) is 0 Å². The molecule has 2 N–H and O–H groups in total.